The lowest BCUT2D eigenvalue weighted by Gasteiger charge is -2.30. The van der Waals surface area contributed by atoms with Gasteiger partial charge in [0.1, 0.15) is 5.78 Å². The van der Waals surface area contributed by atoms with E-state index < -0.39 is 0 Å². The van der Waals surface area contributed by atoms with Crippen molar-refractivity contribution in [2.45, 2.75) is 83.5 Å². The second kappa shape index (κ2) is 5.17. The zero-order chi connectivity index (χ0) is 14.3. The quantitative estimate of drug-likeness (QED) is 0.782. The summed E-state index contributed by atoms with van der Waals surface area (Å²) in [6, 6.07) is 0.0505. The Morgan fingerprint density at radius 3 is 2.32 bits per heavy atom. The normalized spacial score (nSPS) is 37.8. The Morgan fingerprint density at radius 2 is 1.74 bits per heavy atom. The molecule has 1 aliphatic carbocycles. The van der Waals surface area contributed by atoms with E-state index in [4.69, 9.17) is 10.5 Å². The van der Waals surface area contributed by atoms with Crippen LogP contribution in [0.3, 0.4) is 0 Å². The van der Waals surface area contributed by atoms with E-state index in [1.165, 1.54) is 12.8 Å². The molecular formula is C16H29NO2. The minimum Gasteiger partial charge on any atom is -0.369 e. The molecule has 0 amide bonds. The Labute approximate surface area is 117 Å². The summed E-state index contributed by atoms with van der Waals surface area (Å²) in [6.45, 7) is 8.25. The van der Waals surface area contributed by atoms with Crippen LogP contribution in [-0.2, 0) is 9.53 Å². The highest BCUT2D eigenvalue weighted by Gasteiger charge is 2.50. The molecule has 3 atom stereocenters. The summed E-state index contributed by atoms with van der Waals surface area (Å²) in [6.07, 6.45) is 6.30. The van der Waals surface area contributed by atoms with Crippen LogP contribution < -0.4 is 5.73 Å². The summed E-state index contributed by atoms with van der Waals surface area (Å²) >= 11 is 0. The van der Waals surface area contributed by atoms with Gasteiger partial charge in [0.25, 0.3) is 0 Å². The van der Waals surface area contributed by atoms with Crippen molar-refractivity contribution in [3.63, 3.8) is 0 Å². The fourth-order valence-corrected chi connectivity index (χ4v) is 3.95. The van der Waals surface area contributed by atoms with Gasteiger partial charge in [0.2, 0.25) is 0 Å². The summed E-state index contributed by atoms with van der Waals surface area (Å²) < 4.78 is 6.07. The Hall–Kier alpha value is -0.410. The minimum atomic E-state index is -0.355. The zero-order valence-corrected chi connectivity index (χ0v) is 12.9. The van der Waals surface area contributed by atoms with Gasteiger partial charge in [-0.15, -0.1) is 0 Å². The third-order valence-electron chi connectivity index (χ3n) is 4.85. The first-order valence-electron chi connectivity index (χ1n) is 7.72. The van der Waals surface area contributed by atoms with Crippen LogP contribution in [0.2, 0.25) is 0 Å². The number of Topliss-reactive ketones (excluding diaryl/α,β-unsaturated/α-hetero) is 1. The summed E-state index contributed by atoms with van der Waals surface area (Å²) in [5.74, 6) is 0.394. The lowest BCUT2D eigenvalue weighted by atomic mass is 9.76. The number of ether oxygens (including phenoxy) is 1. The average Bonchev–Trinajstić information content (AvgIpc) is 2.43. The number of carbonyl (C=O) groups excluding carboxylic acids is 1. The van der Waals surface area contributed by atoms with E-state index in [9.17, 15) is 4.79 Å². The first-order valence-corrected chi connectivity index (χ1v) is 7.72. The topological polar surface area (TPSA) is 52.3 Å². The molecule has 1 saturated carbocycles. The van der Waals surface area contributed by atoms with Gasteiger partial charge in [-0.1, -0.05) is 19.3 Å². The third-order valence-corrected chi connectivity index (χ3v) is 4.85. The molecule has 3 heteroatoms. The molecule has 0 spiro atoms. The van der Waals surface area contributed by atoms with Gasteiger partial charge in [-0.2, -0.15) is 0 Å². The van der Waals surface area contributed by atoms with E-state index in [-0.39, 0.29) is 29.1 Å². The Bertz CT molecular complexity index is 349. The Morgan fingerprint density at radius 1 is 1.11 bits per heavy atom. The highest BCUT2D eigenvalue weighted by molar-refractivity contribution is 5.85. The van der Waals surface area contributed by atoms with Gasteiger partial charge in [0.15, 0.2) is 0 Å². The molecule has 0 aromatic heterocycles. The molecule has 0 radical (unpaired) electrons. The summed E-state index contributed by atoms with van der Waals surface area (Å²) in [5.41, 5.74) is 5.69. The van der Waals surface area contributed by atoms with Crippen molar-refractivity contribution in [2.24, 2.45) is 17.6 Å². The second-order valence-electron chi connectivity index (χ2n) is 7.53. The van der Waals surface area contributed by atoms with Crippen molar-refractivity contribution in [3.8, 4) is 0 Å². The van der Waals surface area contributed by atoms with Crippen LogP contribution in [-0.4, -0.2) is 23.0 Å². The number of ketones is 1. The molecule has 0 aromatic carbocycles. The SMILES string of the molecule is CC1(C)CC(C(=O)C2CCCCCC2N)C(C)(C)O1. The molecule has 3 nitrogen and oxygen atoms in total. The first-order chi connectivity index (χ1) is 8.73. The van der Waals surface area contributed by atoms with E-state index in [1.54, 1.807) is 0 Å². The summed E-state index contributed by atoms with van der Waals surface area (Å²) in [7, 11) is 0. The zero-order valence-electron chi connectivity index (χ0n) is 12.9. The van der Waals surface area contributed by atoms with Crippen LogP contribution in [0.5, 0.6) is 0 Å². The van der Waals surface area contributed by atoms with Gasteiger partial charge < -0.3 is 10.5 Å². The fourth-order valence-electron chi connectivity index (χ4n) is 3.95. The van der Waals surface area contributed by atoms with Gasteiger partial charge >= 0.3 is 0 Å². The maximum atomic E-state index is 12.9. The van der Waals surface area contributed by atoms with Gasteiger partial charge in [-0.25, -0.2) is 0 Å². The third kappa shape index (κ3) is 3.19. The molecule has 1 heterocycles. The molecule has 2 aliphatic rings. The van der Waals surface area contributed by atoms with Crippen LogP contribution in [0.1, 0.15) is 66.2 Å². The monoisotopic (exact) mass is 267 g/mol. The standard InChI is InChI=1S/C16H29NO2/c1-15(2)10-12(16(3,4)19-15)14(18)11-8-6-5-7-9-13(11)17/h11-13H,5-10,17H2,1-4H3. The maximum absolute atomic E-state index is 12.9. The molecular weight excluding hydrogens is 238 g/mol. The van der Waals surface area contributed by atoms with Crippen molar-refractivity contribution in [1.82, 2.24) is 0 Å². The van der Waals surface area contributed by atoms with Crippen LogP contribution in [0.25, 0.3) is 0 Å². The summed E-state index contributed by atoms with van der Waals surface area (Å²) in [4.78, 5) is 12.9. The van der Waals surface area contributed by atoms with Crippen molar-refractivity contribution < 1.29 is 9.53 Å². The van der Waals surface area contributed by atoms with E-state index in [0.29, 0.717) is 5.78 Å². The lowest BCUT2D eigenvalue weighted by molar-refractivity contribution is -0.134. The largest absolute Gasteiger partial charge is 0.369 e. The summed E-state index contributed by atoms with van der Waals surface area (Å²) in [5, 5.41) is 0. The lowest BCUT2D eigenvalue weighted by Crippen LogP contribution is -2.43. The molecule has 1 aliphatic heterocycles. The number of nitrogens with two attached hydrogens (primary N) is 1. The number of hydrogen-bond donors (Lipinski definition) is 1. The number of hydrogen-bond acceptors (Lipinski definition) is 3. The van der Waals surface area contributed by atoms with E-state index in [1.807, 2.05) is 13.8 Å². The maximum Gasteiger partial charge on any atom is 0.143 e. The van der Waals surface area contributed by atoms with E-state index in [2.05, 4.69) is 13.8 Å². The van der Waals surface area contributed by atoms with E-state index in [0.717, 1.165) is 25.7 Å². The second-order valence-corrected chi connectivity index (χ2v) is 7.53. The van der Waals surface area contributed by atoms with Crippen molar-refractivity contribution >= 4 is 5.78 Å². The molecule has 110 valence electrons. The minimum absolute atomic E-state index is 0.00310. The van der Waals surface area contributed by atoms with Gasteiger partial charge in [-0.05, 0) is 47.0 Å². The highest BCUT2D eigenvalue weighted by atomic mass is 16.5. The van der Waals surface area contributed by atoms with Gasteiger partial charge in [-0.3, -0.25) is 4.79 Å². The number of carbonyl (C=O) groups is 1. The fraction of sp³-hybridized carbons (Fsp3) is 0.938. The van der Waals surface area contributed by atoms with Crippen molar-refractivity contribution in [1.29, 1.82) is 0 Å². The molecule has 1 saturated heterocycles. The predicted molar refractivity (Wildman–Crippen MR) is 76.9 cm³/mol. The van der Waals surface area contributed by atoms with Gasteiger partial charge in [0.05, 0.1) is 11.2 Å². The first kappa shape index (κ1) is 15.0. The molecule has 2 rings (SSSR count). The molecule has 19 heavy (non-hydrogen) atoms. The molecule has 0 aromatic rings. The van der Waals surface area contributed by atoms with Crippen LogP contribution in [0.15, 0.2) is 0 Å². The predicted octanol–water partition coefficient (Wildman–Crippen LogP) is 3.06. The molecule has 0 bridgehead atoms. The van der Waals surface area contributed by atoms with E-state index >= 15 is 0 Å². The highest BCUT2D eigenvalue weighted by Crippen LogP contribution is 2.44. The molecule has 2 fully saturated rings. The average molecular weight is 267 g/mol. The van der Waals surface area contributed by atoms with Crippen molar-refractivity contribution in [2.75, 3.05) is 0 Å². The van der Waals surface area contributed by atoms with Crippen molar-refractivity contribution in [3.05, 3.63) is 0 Å². The Balaban J connectivity index is 2.14. The molecule has 2 N–H and O–H groups in total. The Kier molecular flexibility index (Phi) is 4.08. The smallest absolute Gasteiger partial charge is 0.143 e. The van der Waals surface area contributed by atoms with Crippen LogP contribution >= 0.6 is 0 Å². The van der Waals surface area contributed by atoms with Crippen LogP contribution in [0, 0.1) is 11.8 Å². The van der Waals surface area contributed by atoms with Crippen LogP contribution in [0.4, 0.5) is 0 Å². The number of rotatable bonds is 2. The molecule has 3 unspecified atom stereocenters. The van der Waals surface area contributed by atoms with Gasteiger partial charge in [0, 0.05) is 17.9 Å².